The molecule has 2 aromatic heterocycles. The van der Waals surface area contributed by atoms with Gasteiger partial charge in [-0.3, -0.25) is 19.7 Å². The number of amides is 1. The summed E-state index contributed by atoms with van der Waals surface area (Å²) < 4.78 is 11.8. The number of rotatable bonds is 4. The van der Waals surface area contributed by atoms with E-state index in [1.165, 1.54) is 27.1 Å². The zero-order valence-corrected chi connectivity index (χ0v) is 15.0. The van der Waals surface area contributed by atoms with Crippen molar-refractivity contribution < 1.29 is 23.9 Å². The highest BCUT2D eigenvalue weighted by Crippen LogP contribution is 2.27. The van der Waals surface area contributed by atoms with E-state index < -0.39 is 23.6 Å². The number of carbonyl (C=O) groups excluding carboxylic acids is 3. The fourth-order valence-electron chi connectivity index (χ4n) is 2.57. The van der Waals surface area contributed by atoms with Crippen LogP contribution < -0.4 is 5.32 Å². The third-order valence-corrected chi connectivity index (χ3v) is 3.90. The molecule has 2 aromatic rings. The first-order valence-corrected chi connectivity index (χ1v) is 8.16. The molecule has 1 aliphatic rings. The zero-order chi connectivity index (χ0) is 19.1. The minimum Gasteiger partial charge on any atom is -0.422 e. The average Bonchev–Trinajstić information content (AvgIpc) is 2.88. The molecule has 1 N–H and O–H groups in total. The lowest BCUT2D eigenvalue weighted by Crippen LogP contribution is -2.46. The van der Waals surface area contributed by atoms with Gasteiger partial charge in [-0.15, -0.1) is 0 Å². The fourth-order valence-corrected chi connectivity index (χ4v) is 2.84. The van der Waals surface area contributed by atoms with E-state index in [0.29, 0.717) is 5.52 Å². The second-order valence-corrected chi connectivity index (χ2v) is 6.57. The number of hydrogen-bond acceptors (Lipinski definition) is 8. The minimum absolute atomic E-state index is 0.0434. The molecule has 0 radical (unpaired) electrons. The van der Waals surface area contributed by atoms with Crippen molar-refractivity contribution in [3.8, 4) is 0 Å². The molecule has 0 bridgehead atoms. The number of carbonyl (C=O) groups is 3. The summed E-state index contributed by atoms with van der Waals surface area (Å²) in [4.78, 5) is 47.4. The molecule has 0 aliphatic carbocycles. The van der Waals surface area contributed by atoms with Crippen LogP contribution in [0.4, 0.5) is 5.95 Å². The van der Waals surface area contributed by atoms with Crippen LogP contribution in [0.25, 0.3) is 11.2 Å². The summed E-state index contributed by atoms with van der Waals surface area (Å²) in [5.41, 5.74) is 0.710. The van der Waals surface area contributed by atoms with Gasteiger partial charge in [0.25, 0.3) is 5.79 Å². The molecule has 1 amide bonds. The highest BCUT2D eigenvalue weighted by atomic mass is 35.5. The predicted molar refractivity (Wildman–Crippen MR) is 89.0 cm³/mol. The largest absolute Gasteiger partial charge is 0.422 e. The van der Waals surface area contributed by atoms with Gasteiger partial charge in [0.05, 0.1) is 6.33 Å². The fraction of sp³-hybridized carbons (Fsp3) is 0.467. The third kappa shape index (κ3) is 3.59. The van der Waals surface area contributed by atoms with Crippen molar-refractivity contribution in [2.75, 3.05) is 5.32 Å². The summed E-state index contributed by atoms with van der Waals surface area (Å²) in [7, 11) is 0. The number of imidazole rings is 1. The number of aromatic nitrogens is 4. The molecule has 0 spiro atoms. The Labute approximate surface area is 152 Å². The van der Waals surface area contributed by atoms with Crippen molar-refractivity contribution in [2.24, 2.45) is 5.92 Å². The monoisotopic (exact) mass is 381 g/mol. The van der Waals surface area contributed by atoms with Gasteiger partial charge in [-0.2, -0.15) is 9.97 Å². The Morgan fingerprint density at radius 2 is 1.96 bits per heavy atom. The smallest absolute Gasteiger partial charge is 0.323 e. The highest BCUT2D eigenvalue weighted by Gasteiger charge is 2.42. The molecule has 3 rings (SSSR count). The van der Waals surface area contributed by atoms with Gasteiger partial charge >= 0.3 is 11.9 Å². The van der Waals surface area contributed by atoms with E-state index in [9.17, 15) is 14.4 Å². The van der Waals surface area contributed by atoms with Crippen LogP contribution in [0.3, 0.4) is 0 Å². The van der Waals surface area contributed by atoms with Crippen molar-refractivity contribution in [1.82, 2.24) is 19.5 Å². The number of hydrogen-bond donors (Lipinski definition) is 1. The molecule has 138 valence electrons. The number of anilines is 1. The maximum atomic E-state index is 12.0. The SMILES string of the molecule is CC(=O)Nc1nc(Cl)c2c(ncn2CCC2C(=O)OC(C)(C)OC2=O)n1. The van der Waals surface area contributed by atoms with Gasteiger partial charge in [0.2, 0.25) is 11.9 Å². The van der Waals surface area contributed by atoms with E-state index in [1.54, 1.807) is 4.57 Å². The number of ether oxygens (including phenoxy) is 2. The van der Waals surface area contributed by atoms with Gasteiger partial charge in [-0.25, -0.2) is 4.98 Å². The third-order valence-electron chi connectivity index (χ3n) is 3.64. The number of nitrogens with one attached hydrogen (secondary N) is 1. The summed E-state index contributed by atoms with van der Waals surface area (Å²) in [5, 5.41) is 2.52. The van der Waals surface area contributed by atoms with Crippen molar-refractivity contribution >= 4 is 46.6 Å². The van der Waals surface area contributed by atoms with Crippen molar-refractivity contribution in [1.29, 1.82) is 0 Å². The Bertz CT molecular complexity index is 889. The van der Waals surface area contributed by atoms with Crippen molar-refractivity contribution in [3.63, 3.8) is 0 Å². The summed E-state index contributed by atoms with van der Waals surface area (Å²) in [5.74, 6) is -3.85. The normalized spacial score (nSPS) is 17.1. The Hall–Kier alpha value is -2.75. The molecule has 0 atom stereocenters. The molecule has 11 heteroatoms. The molecule has 1 aliphatic heterocycles. The van der Waals surface area contributed by atoms with Crippen LogP contribution in [0.2, 0.25) is 5.15 Å². The Morgan fingerprint density at radius 1 is 1.31 bits per heavy atom. The average molecular weight is 382 g/mol. The molecular weight excluding hydrogens is 366 g/mol. The number of aryl methyl sites for hydroxylation is 1. The van der Waals surface area contributed by atoms with Crippen molar-refractivity contribution in [3.05, 3.63) is 11.5 Å². The van der Waals surface area contributed by atoms with E-state index in [-0.39, 0.29) is 35.6 Å². The molecule has 0 unspecified atom stereocenters. The predicted octanol–water partition coefficient (Wildman–Crippen LogP) is 1.28. The van der Waals surface area contributed by atoms with E-state index in [4.69, 9.17) is 21.1 Å². The van der Waals surface area contributed by atoms with Crippen LogP contribution in [-0.4, -0.2) is 43.2 Å². The lowest BCUT2D eigenvalue weighted by Gasteiger charge is -2.32. The standard InChI is InChI=1S/C15H16ClN5O5/c1-7(22)18-14-19-10(16)9-11(20-14)17-6-21(9)5-4-8-12(23)25-15(2,3)26-13(8)24/h6,8H,4-5H2,1-3H3,(H,18,19,20,22). The van der Waals surface area contributed by atoms with E-state index in [0.717, 1.165) is 0 Å². The van der Waals surface area contributed by atoms with Gasteiger partial charge in [0.1, 0.15) is 5.52 Å². The van der Waals surface area contributed by atoms with Crippen LogP contribution in [0.1, 0.15) is 27.2 Å². The maximum Gasteiger partial charge on any atom is 0.323 e. The Kier molecular flexibility index (Phi) is 4.53. The number of halogens is 1. The molecule has 10 nitrogen and oxygen atoms in total. The molecule has 1 fully saturated rings. The van der Waals surface area contributed by atoms with Crippen molar-refractivity contribution in [2.45, 2.75) is 39.5 Å². The van der Waals surface area contributed by atoms with Crippen LogP contribution in [0, 0.1) is 5.92 Å². The second kappa shape index (κ2) is 6.52. The van der Waals surface area contributed by atoms with Gasteiger partial charge in [-0.1, -0.05) is 11.6 Å². The van der Waals surface area contributed by atoms with Gasteiger partial charge in [0.15, 0.2) is 16.7 Å². The zero-order valence-electron chi connectivity index (χ0n) is 14.3. The highest BCUT2D eigenvalue weighted by molar-refractivity contribution is 6.33. The number of fused-ring (bicyclic) bond motifs is 1. The molecule has 1 saturated heterocycles. The summed E-state index contributed by atoms with van der Waals surface area (Å²) in [6.45, 7) is 4.55. The van der Waals surface area contributed by atoms with Gasteiger partial charge in [-0.05, 0) is 6.42 Å². The lowest BCUT2D eigenvalue weighted by molar-refractivity contribution is -0.240. The number of cyclic esters (lactones) is 2. The lowest BCUT2D eigenvalue weighted by atomic mass is 10.0. The topological polar surface area (TPSA) is 125 Å². The first kappa shape index (κ1) is 18.1. The van der Waals surface area contributed by atoms with Crippen LogP contribution in [-0.2, 0) is 30.4 Å². The van der Waals surface area contributed by atoms with Gasteiger partial charge in [0, 0.05) is 27.3 Å². The van der Waals surface area contributed by atoms with E-state index in [1.807, 2.05) is 0 Å². The summed E-state index contributed by atoms with van der Waals surface area (Å²) >= 11 is 6.16. The quantitative estimate of drug-likeness (QED) is 0.477. The number of nitrogens with zero attached hydrogens (tertiary/aromatic N) is 4. The molecule has 0 aromatic carbocycles. The van der Waals surface area contributed by atoms with Gasteiger partial charge < -0.3 is 14.0 Å². The molecular formula is C15H16ClN5O5. The molecule has 0 saturated carbocycles. The van der Waals surface area contributed by atoms with Crippen LogP contribution in [0.15, 0.2) is 6.33 Å². The summed E-state index contributed by atoms with van der Waals surface area (Å²) in [6.07, 6.45) is 1.61. The van der Waals surface area contributed by atoms with E-state index >= 15 is 0 Å². The first-order valence-electron chi connectivity index (χ1n) is 7.78. The second-order valence-electron chi connectivity index (χ2n) is 6.21. The Morgan fingerprint density at radius 3 is 2.58 bits per heavy atom. The number of esters is 2. The molecule has 26 heavy (non-hydrogen) atoms. The van der Waals surface area contributed by atoms with Crippen LogP contribution >= 0.6 is 11.6 Å². The maximum absolute atomic E-state index is 12.0. The Balaban J connectivity index is 1.79. The minimum atomic E-state index is -1.26. The van der Waals surface area contributed by atoms with E-state index in [2.05, 4.69) is 20.3 Å². The molecule has 3 heterocycles. The van der Waals surface area contributed by atoms with Crippen LogP contribution in [0.5, 0.6) is 0 Å². The first-order chi connectivity index (χ1) is 12.2. The summed E-state index contributed by atoms with van der Waals surface area (Å²) in [6, 6.07) is 0.